The van der Waals surface area contributed by atoms with Crippen molar-refractivity contribution in [3.63, 3.8) is 0 Å². The van der Waals surface area contributed by atoms with Crippen LogP contribution >= 0.6 is 0 Å². The van der Waals surface area contributed by atoms with E-state index < -0.39 is 0 Å². The molecule has 0 aliphatic heterocycles. The second kappa shape index (κ2) is 6.37. The number of nitrogens with one attached hydrogen (secondary N) is 1. The maximum Gasteiger partial charge on any atom is 0.122 e. The largest absolute Gasteiger partial charge is 0.334 e. The summed E-state index contributed by atoms with van der Waals surface area (Å²) in [5.74, 6) is 2.91. The monoisotopic (exact) mass is 249 g/mol. The van der Waals surface area contributed by atoms with Crippen molar-refractivity contribution in [2.45, 2.75) is 65.6 Å². The zero-order valence-corrected chi connectivity index (χ0v) is 12.0. The first-order valence-corrected chi connectivity index (χ1v) is 7.42. The van der Waals surface area contributed by atoms with Crippen LogP contribution in [0.3, 0.4) is 0 Å². The summed E-state index contributed by atoms with van der Waals surface area (Å²) in [4.78, 5) is 4.46. The molecule has 1 N–H and O–H groups in total. The van der Waals surface area contributed by atoms with E-state index in [9.17, 15) is 0 Å². The molecular weight excluding hydrogens is 222 g/mol. The molecule has 0 radical (unpaired) electrons. The van der Waals surface area contributed by atoms with Crippen molar-refractivity contribution in [1.82, 2.24) is 14.9 Å². The third kappa shape index (κ3) is 3.58. The Hall–Kier alpha value is -0.830. The lowest BCUT2D eigenvalue weighted by Crippen LogP contribution is -2.36. The van der Waals surface area contributed by atoms with Gasteiger partial charge in [0.15, 0.2) is 0 Å². The summed E-state index contributed by atoms with van der Waals surface area (Å²) in [6.45, 7) is 8.96. The lowest BCUT2D eigenvalue weighted by atomic mass is 9.80. The smallest absolute Gasteiger partial charge is 0.122 e. The minimum atomic E-state index is 0.676. The molecule has 1 aromatic heterocycles. The van der Waals surface area contributed by atoms with Gasteiger partial charge in [-0.3, -0.25) is 0 Å². The van der Waals surface area contributed by atoms with Crippen LogP contribution in [0.4, 0.5) is 0 Å². The molecular formula is C15H27N3. The Morgan fingerprint density at radius 1 is 1.28 bits per heavy atom. The van der Waals surface area contributed by atoms with E-state index >= 15 is 0 Å². The third-order valence-electron chi connectivity index (χ3n) is 3.99. The lowest BCUT2D eigenvalue weighted by Gasteiger charge is -2.32. The van der Waals surface area contributed by atoms with Gasteiger partial charge < -0.3 is 9.88 Å². The number of hydrogen-bond acceptors (Lipinski definition) is 2. The van der Waals surface area contributed by atoms with Crippen LogP contribution in [-0.4, -0.2) is 15.6 Å². The van der Waals surface area contributed by atoms with Gasteiger partial charge in [-0.1, -0.05) is 20.8 Å². The quantitative estimate of drug-likeness (QED) is 0.868. The predicted molar refractivity (Wildman–Crippen MR) is 75.3 cm³/mol. The predicted octanol–water partition coefficient (Wildman–Crippen LogP) is 3.21. The van der Waals surface area contributed by atoms with Gasteiger partial charge in [-0.15, -0.1) is 0 Å². The van der Waals surface area contributed by atoms with Crippen LogP contribution in [-0.2, 0) is 13.1 Å². The van der Waals surface area contributed by atoms with Crippen molar-refractivity contribution < 1.29 is 0 Å². The highest BCUT2D eigenvalue weighted by atomic mass is 15.1. The van der Waals surface area contributed by atoms with E-state index in [1.54, 1.807) is 0 Å². The molecule has 2 rings (SSSR count). The van der Waals surface area contributed by atoms with Crippen LogP contribution in [0.5, 0.6) is 0 Å². The Kier molecular flexibility index (Phi) is 4.81. The van der Waals surface area contributed by atoms with E-state index in [0.717, 1.165) is 24.9 Å². The fourth-order valence-corrected chi connectivity index (χ4v) is 3.30. The van der Waals surface area contributed by atoms with Gasteiger partial charge in [-0.25, -0.2) is 4.98 Å². The zero-order valence-electron chi connectivity index (χ0n) is 12.0. The minimum absolute atomic E-state index is 0.676. The highest BCUT2D eigenvalue weighted by molar-refractivity contribution is 4.93. The van der Waals surface area contributed by atoms with E-state index in [2.05, 4.69) is 41.8 Å². The molecule has 1 fully saturated rings. The molecule has 0 saturated heterocycles. The molecule has 102 valence electrons. The van der Waals surface area contributed by atoms with Crippen molar-refractivity contribution >= 4 is 0 Å². The molecule has 0 spiro atoms. The molecule has 2 atom stereocenters. The standard InChI is InChI=1S/C15H27N3/c1-4-6-18-7-5-16-15(18)11-17-14-9-12(2)8-13(3)10-14/h5,7,12-14,17H,4,6,8-11H2,1-3H3. The summed E-state index contributed by atoms with van der Waals surface area (Å²) in [6.07, 6.45) is 9.20. The van der Waals surface area contributed by atoms with Crippen molar-refractivity contribution in [3.05, 3.63) is 18.2 Å². The molecule has 0 bridgehead atoms. The van der Waals surface area contributed by atoms with E-state index in [1.807, 2.05) is 6.20 Å². The van der Waals surface area contributed by atoms with Crippen LogP contribution in [0.15, 0.2) is 12.4 Å². The second-order valence-corrected chi connectivity index (χ2v) is 6.03. The first-order valence-electron chi connectivity index (χ1n) is 7.42. The molecule has 0 amide bonds. The number of hydrogen-bond donors (Lipinski definition) is 1. The van der Waals surface area contributed by atoms with Gasteiger partial charge in [0, 0.05) is 25.0 Å². The molecule has 1 aliphatic carbocycles. The zero-order chi connectivity index (χ0) is 13.0. The van der Waals surface area contributed by atoms with Gasteiger partial charge in [0.25, 0.3) is 0 Å². The number of rotatable bonds is 5. The van der Waals surface area contributed by atoms with Crippen molar-refractivity contribution in [2.24, 2.45) is 11.8 Å². The first-order chi connectivity index (χ1) is 8.69. The molecule has 1 heterocycles. The summed E-state index contributed by atoms with van der Waals surface area (Å²) in [7, 11) is 0. The maximum atomic E-state index is 4.46. The van der Waals surface area contributed by atoms with Crippen molar-refractivity contribution in [2.75, 3.05) is 0 Å². The van der Waals surface area contributed by atoms with Crippen LogP contribution in [0.25, 0.3) is 0 Å². The van der Waals surface area contributed by atoms with Gasteiger partial charge >= 0.3 is 0 Å². The molecule has 1 saturated carbocycles. The Balaban J connectivity index is 1.85. The molecule has 3 nitrogen and oxygen atoms in total. The summed E-state index contributed by atoms with van der Waals surface area (Å²) in [5.41, 5.74) is 0. The summed E-state index contributed by atoms with van der Waals surface area (Å²) in [6, 6.07) is 0.676. The SMILES string of the molecule is CCCn1ccnc1CNC1CC(C)CC(C)C1. The average Bonchev–Trinajstić information content (AvgIpc) is 2.73. The van der Waals surface area contributed by atoms with E-state index in [1.165, 1.54) is 31.5 Å². The number of aryl methyl sites for hydroxylation is 1. The number of nitrogens with zero attached hydrogens (tertiary/aromatic N) is 2. The van der Waals surface area contributed by atoms with Gasteiger partial charge in [0.2, 0.25) is 0 Å². The van der Waals surface area contributed by atoms with Gasteiger partial charge in [-0.05, 0) is 37.5 Å². The Bertz CT molecular complexity index is 348. The van der Waals surface area contributed by atoms with E-state index in [0.29, 0.717) is 6.04 Å². The fraction of sp³-hybridized carbons (Fsp3) is 0.800. The van der Waals surface area contributed by atoms with Crippen LogP contribution in [0, 0.1) is 11.8 Å². The lowest BCUT2D eigenvalue weighted by molar-refractivity contribution is 0.236. The van der Waals surface area contributed by atoms with Gasteiger partial charge in [0.1, 0.15) is 5.82 Å². The van der Waals surface area contributed by atoms with E-state index in [4.69, 9.17) is 0 Å². The minimum Gasteiger partial charge on any atom is -0.334 e. The highest BCUT2D eigenvalue weighted by Crippen LogP contribution is 2.28. The van der Waals surface area contributed by atoms with Crippen LogP contribution in [0.2, 0.25) is 0 Å². The van der Waals surface area contributed by atoms with Gasteiger partial charge in [-0.2, -0.15) is 0 Å². The second-order valence-electron chi connectivity index (χ2n) is 6.03. The Morgan fingerprint density at radius 3 is 2.67 bits per heavy atom. The summed E-state index contributed by atoms with van der Waals surface area (Å²) >= 11 is 0. The van der Waals surface area contributed by atoms with Crippen molar-refractivity contribution in [3.8, 4) is 0 Å². The number of aromatic nitrogens is 2. The average molecular weight is 249 g/mol. The Labute approximate surface area is 111 Å². The Morgan fingerprint density at radius 2 is 2.00 bits per heavy atom. The highest BCUT2D eigenvalue weighted by Gasteiger charge is 2.23. The summed E-state index contributed by atoms with van der Waals surface area (Å²) in [5, 5.41) is 3.70. The van der Waals surface area contributed by atoms with Crippen LogP contribution in [0.1, 0.15) is 52.3 Å². The topological polar surface area (TPSA) is 29.9 Å². The molecule has 18 heavy (non-hydrogen) atoms. The molecule has 1 aliphatic rings. The number of imidazole rings is 1. The molecule has 0 aromatic carbocycles. The molecule has 3 heteroatoms. The third-order valence-corrected chi connectivity index (χ3v) is 3.99. The summed E-state index contributed by atoms with van der Waals surface area (Å²) < 4.78 is 2.27. The molecule has 2 unspecified atom stereocenters. The normalized spacial score (nSPS) is 28.5. The molecule has 1 aromatic rings. The fourth-order valence-electron chi connectivity index (χ4n) is 3.30. The van der Waals surface area contributed by atoms with Crippen molar-refractivity contribution in [1.29, 1.82) is 0 Å². The maximum absolute atomic E-state index is 4.46. The van der Waals surface area contributed by atoms with E-state index in [-0.39, 0.29) is 0 Å². The van der Waals surface area contributed by atoms with Crippen LogP contribution < -0.4 is 5.32 Å². The van der Waals surface area contributed by atoms with Gasteiger partial charge in [0.05, 0.1) is 6.54 Å². The first kappa shape index (κ1) is 13.6.